The van der Waals surface area contributed by atoms with E-state index in [0.29, 0.717) is 18.8 Å². The van der Waals surface area contributed by atoms with E-state index in [1.807, 2.05) is 0 Å². The van der Waals surface area contributed by atoms with E-state index in [0.717, 1.165) is 43.8 Å². The number of carbonyl (C=O) groups excluding carboxylic acids is 1. The van der Waals surface area contributed by atoms with Crippen LogP contribution in [-0.4, -0.2) is 43.0 Å². The van der Waals surface area contributed by atoms with E-state index >= 15 is 0 Å². The molecule has 2 fully saturated rings. The van der Waals surface area contributed by atoms with Crippen LogP contribution in [0.3, 0.4) is 0 Å². The Morgan fingerprint density at radius 2 is 1.81 bits per heavy atom. The van der Waals surface area contributed by atoms with Crippen LogP contribution in [0.5, 0.6) is 0 Å². The normalized spacial score (nSPS) is 18.7. The number of aromatic nitrogens is 1. The minimum Gasteiger partial charge on any atom is -0.370 e. The molecule has 1 aromatic heterocycles. The molecular weight excluding hydrogens is 356 g/mol. The summed E-state index contributed by atoms with van der Waals surface area (Å²) in [6, 6.07) is 4.95. The maximum absolute atomic E-state index is 13.3. The first-order valence-corrected chi connectivity index (χ1v) is 8.79. The molecule has 4 rings (SSSR count). The lowest BCUT2D eigenvalue weighted by atomic mass is 10.0. The van der Waals surface area contributed by atoms with Crippen LogP contribution in [0.1, 0.15) is 23.2 Å². The van der Waals surface area contributed by atoms with E-state index < -0.39 is 23.3 Å². The van der Waals surface area contributed by atoms with Gasteiger partial charge in [-0.2, -0.15) is 0 Å². The van der Waals surface area contributed by atoms with E-state index in [9.17, 15) is 13.6 Å². The van der Waals surface area contributed by atoms with Crippen molar-refractivity contribution >= 4 is 17.3 Å². The number of nitrogens with zero attached hydrogens (tertiary/aromatic N) is 2. The molecule has 0 bridgehead atoms. The molecule has 1 aromatic carbocycles. The molecule has 0 saturated carbocycles. The fraction of sp³-hybridized carbons (Fsp3) is 0.368. The van der Waals surface area contributed by atoms with Crippen molar-refractivity contribution in [3.05, 3.63) is 53.9 Å². The summed E-state index contributed by atoms with van der Waals surface area (Å²) in [5.74, 6) is -2.88. The highest BCUT2D eigenvalue weighted by Gasteiger charge is 2.39. The fourth-order valence-electron chi connectivity index (χ4n) is 3.39. The van der Waals surface area contributed by atoms with Gasteiger partial charge in [0.05, 0.1) is 30.7 Å². The predicted octanol–water partition coefficient (Wildman–Crippen LogP) is 2.96. The van der Waals surface area contributed by atoms with Crippen LogP contribution < -0.4 is 10.2 Å². The molecule has 1 amide bonds. The van der Waals surface area contributed by atoms with Crippen molar-refractivity contribution in [2.75, 3.05) is 36.5 Å². The Morgan fingerprint density at radius 1 is 1.07 bits per heavy atom. The molecule has 0 aliphatic carbocycles. The Labute approximate surface area is 155 Å². The lowest BCUT2D eigenvalue weighted by Crippen LogP contribution is -2.45. The van der Waals surface area contributed by atoms with Gasteiger partial charge in [0.1, 0.15) is 0 Å². The second-order valence-electron chi connectivity index (χ2n) is 6.61. The van der Waals surface area contributed by atoms with Crippen LogP contribution >= 0.6 is 0 Å². The average Bonchev–Trinajstić information content (AvgIpc) is 3.13. The van der Waals surface area contributed by atoms with E-state index in [2.05, 4.69) is 15.2 Å². The third-order valence-electron chi connectivity index (χ3n) is 4.87. The summed E-state index contributed by atoms with van der Waals surface area (Å²) >= 11 is 0. The third-order valence-corrected chi connectivity index (χ3v) is 4.87. The molecule has 3 heterocycles. The first kappa shape index (κ1) is 17.8. The minimum atomic E-state index is -1.02. The van der Waals surface area contributed by atoms with Crippen LogP contribution in [0.2, 0.25) is 0 Å². The Morgan fingerprint density at radius 3 is 2.52 bits per heavy atom. The van der Waals surface area contributed by atoms with Gasteiger partial charge in [0.2, 0.25) is 0 Å². The number of hydrogen-bond acceptors (Lipinski definition) is 5. The van der Waals surface area contributed by atoms with Gasteiger partial charge in [-0.15, -0.1) is 0 Å². The van der Waals surface area contributed by atoms with Gasteiger partial charge in [-0.25, -0.2) is 8.78 Å². The zero-order valence-corrected chi connectivity index (χ0v) is 14.6. The number of halogens is 2. The first-order chi connectivity index (χ1) is 13.0. The maximum atomic E-state index is 13.3. The highest BCUT2D eigenvalue weighted by molar-refractivity contribution is 6.04. The van der Waals surface area contributed by atoms with Gasteiger partial charge < -0.3 is 19.7 Å². The number of piperidine rings is 1. The number of pyridine rings is 1. The molecule has 142 valence electrons. The topological polar surface area (TPSA) is 63.7 Å². The van der Waals surface area contributed by atoms with Crippen LogP contribution in [-0.2, 0) is 9.47 Å². The molecular formula is C19H19F2N3O3. The van der Waals surface area contributed by atoms with Gasteiger partial charge in [-0.05, 0) is 18.2 Å². The summed E-state index contributed by atoms with van der Waals surface area (Å²) in [6.07, 6.45) is 4.63. The number of hydrogen-bond donors (Lipinski definition) is 1. The van der Waals surface area contributed by atoms with Gasteiger partial charge >= 0.3 is 0 Å². The van der Waals surface area contributed by atoms with Gasteiger partial charge in [0.15, 0.2) is 17.4 Å². The SMILES string of the molecule is O=C(Nc1ccc(F)c(F)c1)c1cncc(N2CCC3(CC2)OCCO3)c1. The molecule has 2 aliphatic heterocycles. The Balaban J connectivity index is 1.44. The smallest absolute Gasteiger partial charge is 0.257 e. The fourth-order valence-corrected chi connectivity index (χ4v) is 3.39. The number of nitrogens with one attached hydrogen (secondary N) is 1. The molecule has 6 nitrogen and oxygen atoms in total. The van der Waals surface area contributed by atoms with Crippen LogP contribution in [0.4, 0.5) is 20.2 Å². The Hall–Kier alpha value is -2.58. The van der Waals surface area contributed by atoms with Crippen molar-refractivity contribution < 1.29 is 23.0 Å². The van der Waals surface area contributed by atoms with Crippen LogP contribution in [0.15, 0.2) is 36.7 Å². The van der Waals surface area contributed by atoms with Crippen molar-refractivity contribution in [2.24, 2.45) is 0 Å². The summed E-state index contributed by atoms with van der Waals surface area (Å²) in [4.78, 5) is 18.7. The minimum absolute atomic E-state index is 0.180. The van der Waals surface area contributed by atoms with Gasteiger partial charge in [0.25, 0.3) is 5.91 Å². The number of anilines is 2. The quantitative estimate of drug-likeness (QED) is 0.894. The molecule has 1 spiro atoms. The number of amides is 1. The molecule has 1 N–H and O–H groups in total. The van der Waals surface area contributed by atoms with Crippen molar-refractivity contribution in [3.8, 4) is 0 Å². The highest BCUT2D eigenvalue weighted by Crippen LogP contribution is 2.33. The number of ether oxygens (including phenoxy) is 2. The second-order valence-corrected chi connectivity index (χ2v) is 6.61. The van der Waals surface area contributed by atoms with Crippen LogP contribution in [0, 0.1) is 11.6 Å². The molecule has 2 saturated heterocycles. The number of carbonyl (C=O) groups is 1. The van der Waals surface area contributed by atoms with E-state index in [1.165, 1.54) is 12.3 Å². The van der Waals surface area contributed by atoms with E-state index in [4.69, 9.17) is 9.47 Å². The highest BCUT2D eigenvalue weighted by atomic mass is 19.2. The van der Waals surface area contributed by atoms with Crippen molar-refractivity contribution in [3.63, 3.8) is 0 Å². The van der Waals surface area contributed by atoms with Crippen molar-refractivity contribution in [1.29, 1.82) is 0 Å². The molecule has 2 aromatic rings. The monoisotopic (exact) mass is 375 g/mol. The predicted molar refractivity (Wildman–Crippen MR) is 94.6 cm³/mol. The molecule has 2 aliphatic rings. The van der Waals surface area contributed by atoms with Gasteiger partial charge in [0, 0.05) is 43.9 Å². The summed E-state index contributed by atoms with van der Waals surface area (Å²) in [5, 5.41) is 2.55. The Kier molecular flexibility index (Phi) is 4.75. The second kappa shape index (κ2) is 7.21. The summed E-state index contributed by atoms with van der Waals surface area (Å²) < 4.78 is 37.8. The molecule has 8 heteroatoms. The van der Waals surface area contributed by atoms with Crippen molar-refractivity contribution in [1.82, 2.24) is 4.98 Å². The zero-order chi connectivity index (χ0) is 18.9. The molecule has 0 radical (unpaired) electrons. The standard InChI is InChI=1S/C19H19F2N3O3/c20-16-2-1-14(10-17(16)21)23-18(25)13-9-15(12-22-11-13)24-5-3-19(4-6-24)26-7-8-27-19/h1-2,9-12H,3-8H2,(H,23,25). The van der Waals surface area contributed by atoms with Gasteiger partial charge in [-0.1, -0.05) is 0 Å². The summed E-state index contributed by atoms with van der Waals surface area (Å²) in [7, 11) is 0. The first-order valence-electron chi connectivity index (χ1n) is 8.79. The average molecular weight is 375 g/mol. The maximum Gasteiger partial charge on any atom is 0.257 e. The lowest BCUT2D eigenvalue weighted by molar-refractivity contribution is -0.169. The molecule has 0 atom stereocenters. The Bertz CT molecular complexity index is 846. The number of rotatable bonds is 3. The largest absolute Gasteiger partial charge is 0.370 e. The lowest BCUT2D eigenvalue weighted by Gasteiger charge is -2.38. The third kappa shape index (κ3) is 3.77. The number of benzene rings is 1. The van der Waals surface area contributed by atoms with E-state index in [1.54, 1.807) is 12.3 Å². The van der Waals surface area contributed by atoms with E-state index in [-0.39, 0.29) is 5.69 Å². The molecule has 0 unspecified atom stereocenters. The molecule has 27 heavy (non-hydrogen) atoms. The van der Waals surface area contributed by atoms with Crippen molar-refractivity contribution in [2.45, 2.75) is 18.6 Å². The van der Waals surface area contributed by atoms with Crippen LogP contribution in [0.25, 0.3) is 0 Å². The van der Waals surface area contributed by atoms with Gasteiger partial charge in [-0.3, -0.25) is 9.78 Å². The summed E-state index contributed by atoms with van der Waals surface area (Å²) in [5.41, 5.74) is 1.34. The summed E-state index contributed by atoms with van der Waals surface area (Å²) in [6.45, 7) is 2.72. The zero-order valence-electron chi connectivity index (χ0n) is 14.6.